The third-order valence-electron chi connectivity index (χ3n) is 2.65. The average Bonchev–Trinajstić information content (AvgIpc) is 2.72. The maximum Gasteiger partial charge on any atom is 0.266 e. The number of carbonyl (C=O) groups excluding carboxylic acids is 1. The molecule has 0 aliphatic carbocycles. The van der Waals surface area contributed by atoms with E-state index in [2.05, 4.69) is 22.7 Å². The molecule has 1 aromatic carbocycles. The molecule has 1 amide bonds. The SMILES string of the molecule is Cn1cc(/C=N/OCC(=O)NC(N)=S)c2ccccc21. The normalized spacial score (nSPS) is 10.8. The van der Waals surface area contributed by atoms with Gasteiger partial charge in [0.25, 0.3) is 5.91 Å². The second-order valence-electron chi connectivity index (χ2n) is 4.13. The van der Waals surface area contributed by atoms with Gasteiger partial charge < -0.3 is 20.5 Å². The zero-order valence-corrected chi connectivity index (χ0v) is 11.7. The van der Waals surface area contributed by atoms with Crippen molar-refractivity contribution in [2.24, 2.45) is 17.9 Å². The van der Waals surface area contributed by atoms with Crippen molar-refractivity contribution in [3.05, 3.63) is 36.0 Å². The Balaban J connectivity index is 2.00. The summed E-state index contributed by atoms with van der Waals surface area (Å²) in [6, 6.07) is 7.94. The van der Waals surface area contributed by atoms with Crippen LogP contribution in [-0.2, 0) is 16.7 Å². The molecule has 0 fully saturated rings. The minimum Gasteiger partial charge on any atom is -0.386 e. The Bertz CT molecular complexity index is 678. The van der Waals surface area contributed by atoms with Gasteiger partial charge in [0.05, 0.1) is 6.21 Å². The van der Waals surface area contributed by atoms with E-state index in [0.717, 1.165) is 16.5 Å². The molecule has 0 aliphatic heterocycles. The summed E-state index contributed by atoms with van der Waals surface area (Å²) in [5.74, 6) is -0.437. The lowest BCUT2D eigenvalue weighted by molar-refractivity contribution is -0.124. The molecule has 0 radical (unpaired) electrons. The molecule has 2 rings (SSSR count). The van der Waals surface area contributed by atoms with Crippen LogP contribution >= 0.6 is 12.2 Å². The third kappa shape index (κ3) is 3.33. The number of fused-ring (bicyclic) bond motifs is 1. The number of hydrogen-bond donors (Lipinski definition) is 2. The molecule has 0 atom stereocenters. The smallest absolute Gasteiger partial charge is 0.266 e. The molecule has 1 aromatic heterocycles. The maximum absolute atomic E-state index is 11.2. The highest BCUT2D eigenvalue weighted by atomic mass is 32.1. The van der Waals surface area contributed by atoms with Crippen molar-refractivity contribution in [1.29, 1.82) is 0 Å². The fourth-order valence-corrected chi connectivity index (χ4v) is 1.95. The van der Waals surface area contributed by atoms with E-state index in [1.807, 2.05) is 42.1 Å². The summed E-state index contributed by atoms with van der Waals surface area (Å²) in [6.07, 6.45) is 3.50. The predicted octanol–water partition coefficient (Wildman–Crippen LogP) is 0.889. The molecule has 0 aliphatic rings. The van der Waals surface area contributed by atoms with Crippen molar-refractivity contribution in [1.82, 2.24) is 9.88 Å². The summed E-state index contributed by atoms with van der Waals surface area (Å²) < 4.78 is 2.00. The molecule has 0 unspecified atom stereocenters. The summed E-state index contributed by atoms with van der Waals surface area (Å²) >= 11 is 4.53. The van der Waals surface area contributed by atoms with Gasteiger partial charge in [0.15, 0.2) is 11.7 Å². The van der Waals surface area contributed by atoms with Crippen molar-refractivity contribution in [2.45, 2.75) is 0 Å². The van der Waals surface area contributed by atoms with Crippen LogP contribution in [0, 0.1) is 0 Å². The Morgan fingerprint density at radius 2 is 2.30 bits per heavy atom. The molecule has 7 heteroatoms. The number of nitrogens with two attached hydrogens (primary N) is 1. The lowest BCUT2D eigenvalue weighted by Crippen LogP contribution is -2.36. The van der Waals surface area contributed by atoms with Gasteiger partial charge in [-0.05, 0) is 18.3 Å². The number of para-hydroxylation sites is 1. The minimum absolute atomic E-state index is 0.0865. The van der Waals surface area contributed by atoms with E-state index in [1.54, 1.807) is 6.21 Å². The Labute approximate surface area is 121 Å². The summed E-state index contributed by atoms with van der Waals surface area (Å²) in [4.78, 5) is 16.1. The fraction of sp³-hybridized carbons (Fsp3) is 0.154. The van der Waals surface area contributed by atoms with Crippen LogP contribution in [0.5, 0.6) is 0 Å². The van der Waals surface area contributed by atoms with Crippen LogP contribution in [0.2, 0.25) is 0 Å². The van der Waals surface area contributed by atoms with Gasteiger partial charge in [-0.1, -0.05) is 23.4 Å². The van der Waals surface area contributed by atoms with Crippen molar-refractivity contribution in [3.63, 3.8) is 0 Å². The minimum atomic E-state index is -0.437. The van der Waals surface area contributed by atoms with Gasteiger partial charge in [-0.2, -0.15) is 0 Å². The quantitative estimate of drug-likeness (QED) is 0.498. The first-order valence-corrected chi connectivity index (χ1v) is 6.27. The number of amides is 1. The van der Waals surface area contributed by atoms with Gasteiger partial charge in [0.2, 0.25) is 0 Å². The standard InChI is InChI=1S/C13H14N4O2S/c1-17-7-9(10-4-2-3-5-11(10)17)6-15-19-8-12(18)16-13(14)20/h2-7H,8H2,1H3,(H3,14,16,18,20)/b15-6+. The van der Waals surface area contributed by atoms with Gasteiger partial charge in [-0.25, -0.2) is 0 Å². The number of aryl methyl sites for hydroxylation is 1. The van der Waals surface area contributed by atoms with E-state index in [1.165, 1.54) is 0 Å². The van der Waals surface area contributed by atoms with Crippen molar-refractivity contribution in [3.8, 4) is 0 Å². The molecule has 0 bridgehead atoms. The summed E-state index contributed by atoms with van der Waals surface area (Å²) in [5.41, 5.74) is 7.17. The number of nitrogens with one attached hydrogen (secondary N) is 1. The molecule has 0 saturated carbocycles. The summed E-state index contributed by atoms with van der Waals surface area (Å²) in [7, 11) is 1.95. The van der Waals surface area contributed by atoms with Crippen molar-refractivity contribution in [2.75, 3.05) is 6.61 Å². The van der Waals surface area contributed by atoms with Crippen LogP contribution in [0.15, 0.2) is 35.6 Å². The van der Waals surface area contributed by atoms with Crippen LogP contribution in [0.25, 0.3) is 10.9 Å². The van der Waals surface area contributed by atoms with Crippen molar-refractivity contribution >= 4 is 40.4 Å². The largest absolute Gasteiger partial charge is 0.386 e. The number of carbonyl (C=O) groups is 1. The molecule has 104 valence electrons. The number of benzene rings is 1. The average molecular weight is 290 g/mol. The maximum atomic E-state index is 11.2. The molecule has 1 heterocycles. The van der Waals surface area contributed by atoms with Crippen molar-refractivity contribution < 1.29 is 9.63 Å². The Hall–Kier alpha value is -2.41. The van der Waals surface area contributed by atoms with Crippen LogP contribution in [0.4, 0.5) is 0 Å². The van der Waals surface area contributed by atoms with Gasteiger partial charge >= 0.3 is 0 Å². The first-order chi connectivity index (χ1) is 9.58. The number of nitrogens with zero attached hydrogens (tertiary/aromatic N) is 2. The second kappa shape index (κ2) is 6.16. The highest BCUT2D eigenvalue weighted by Crippen LogP contribution is 2.18. The van der Waals surface area contributed by atoms with Gasteiger partial charge in [0, 0.05) is 29.7 Å². The fourth-order valence-electron chi connectivity index (χ4n) is 1.84. The highest BCUT2D eigenvalue weighted by molar-refractivity contribution is 7.80. The summed E-state index contributed by atoms with van der Waals surface area (Å²) in [6.45, 7) is -0.237. The van der Waals surface area contributed by atoms with Gasteiger partial charge in [0.1, 0.15) is 0 Å². The van der Waals surface area contributed by atoms with E-state index < -0.39 is 5.91 Å². The number of thiocarbonyl (C=S) groups is 1. The molecule has 6 nitrogen and oxygen atoms in total. The van der Waals surface area contributed by atoms with Crippen LogP contribution in [-0.4, -0.2) is 28.4 Å². The van der Waals surface area contributed by atoms with Crippen LogP contribution in [0.1, 0.15) is 5.56 Å². The second-order valence-corrected chi connectivity index (χ2v) is 4.57. The first-order valence-electron chi connectivity index (χ1n) is 5.86. The molecule has 0 saturated heterocycles. The van der Waals surface area contributed by atoms with Gasteiger partial charge in [-0.15, -0.1) is 0 Å². The number of aromatic nitrogens is 1. The lowest BCUT2D eigenvalue weighted by Gasteiger charge is -2.00. The zero-order valence-electron chi connectivity index (χ0n) is 10.9. The lowest BCUT2D eigenvalue weighted by atomic mass is 10.2. The monoisotopic (exact) mass is 290 g/mol. The summed E-state index contributed by atoms with van der Waals surface area (Å²) in [5, 5.41) is 6.99. The molecular formula is C13H14N4O2S. The molecule has 3 N–H and O–H groups in total. The Morgan fingerprint density at radius 3 is 3.05 bits per heavy atom. The Morgan fingerprint density at radius 1 is 1.55 bits per heavy atom. The molecule has 0 spiro atoms. The van der Waals surface area contributed by atoms with E-state index in [9.17, 15) is 4.79 Å². The molecular weight excluding hydrogens is 276 g/mol. The molecule has 20 heavy (non-hydrogen) atoms. The highest BCUT2D eigenvalue weighted by Gasteiger charge is 2.04. The Kier molecular flexibility index (Phi) is 4.31. The number of oxime groups is 1. The number of hydrogen-bond acceptors (Lipinski definition) is 4. The van der Waals surface area contributed by atoms with E-state index in [0.29, 0.717) is 0 Å². The number of rotatable bonds is 4. The van der Waals surface area contributed by atoms with Crippen LogP contribution in [0.3, 0.4) is 0 Å². The van der Waals surface area contributed by atoms with Crippen LogP contribution < -0.4 is 11.1 Å². The predicted molar refractivity (Wildman–Crippen MR) is 81.4 cm³/mol. The third-order valence-corrected chi connectivity index (χ3v) is 2.75. The molecule has 2 aromatic rings. The van der Waals surface area contributed by atoms with E-state index >= 15 is 0 Å². The first kappa shape index (κ1) is 14.0. The van der Waals surface area contributed by atoms with E-state index in [-0.39, 0.29) is 11.7 Å². The van der Waals surface area contributed by atoms with E-state index in [4.69, 9.17) is 10.6 Å². The topological polar surface area (TPSA) is 81.6 Å². The van der Waals surface area contributed by atoms with Gasteiger partial charge in [-0.3, -0.25) is 4.79 Å². The zero-order chi connectivity index (χ0) is 14.5.